The normalized spacial score (nSPS) is 11.3. The minimum atomic E-state index is 0.626. The summed E-state index contributed by atoms with van der Waals surface area (Å²) in [4.78, 5) is 6.37. The Morgan fingerprint density at radius 3 is 2.57 bits per heavy atom. The van der Waals surface area contributed by atoms with Crippen molar-refractivity contribution in [1.29, 1.82) is 0 Å². The fraction of sp³-hybridized carbons (Fsp3) is 0.611. The molecule has 0 fully saturated rings. The monoisotopic (exact) mass is 321 g/mol. The zero-order valence-electron chi connectivity index (χ0n) is 14.8. The zero-order chi connectivity index (χ0) is 16.8. The van der Waals surface area contributed by atoms with Crippen LogP contribution in [0.3, 0.4) is 0 Å². The van der Waals surface area contributed by atoms with Gasteiger partial charge < -0.3 is 19.7 Å². The summed E-state index contributed by atoms with van der Waals surface area (Å²) in [5.41, 5.74) is 0. The van der Waals surface area contributed by atoms with Crippen LogP contribution in [0.2, 0.25) is 0 Å². The molecule has 0 spiro atoms. The summed E-state index contributed by atoms with van der Waals surface area (Å²) in [7, 11) is 3.82. The Kier molecular flexibility index (Phi) is 10.7. The van der Waals surface area contributed by atoms with Gasteiger partial charge in [0.2, 0.25) is 0 Å². The molecule has 1 N–H and O–H groups in total. The van der Waals surface area contributed by atoms with E-state index in [2.05, 4.69) is 22.1 Å². The molecule has 0 amide bonds. The number of ether oxygens (including phenoxy) is 2. The maximum atomic E-state index is 5.71. The molecule has 0 radical (unpaired) electrons. The zero-order valence-corrected chi connectivity index (χ0v) is 14.8. The Hall–Kier alpha value is -1.75. The molecule has 1 rings (SSSR count). The van der Waals surface area contributed by atoms with Crippen molar-refractivity contribution in [3.05, 3.63) is 30.3 Å². The summed E-state index contributed by atoms with van der Waals surface area (Å²) < 4.78 is 11.3. The van der Waals surface area contributed by atoms with Crippen LogP contribution in [0.4, 0.5) is 0 Å². The van der Waals surface area contributed by atoms with Crippen LogP contribution in [0.5, 0.6) is 5.75 Å². The topological polar surface area (TPSA) is 46.1 Å². The van der Waals surface area contributed by atoms with Gasteiger partial charge in [0.25, 0.3) is 0 Å². The van der Waals surface area contributed by atoms with Crippen molar-refractivity contribution < 1.29 is 9.47 Å². The summed E-state index contributed by atoms with van der Waals surface area (Å²) in [6.45, 7) is 6.10. The fourth-order valence-electron chi connectivity index (χ4n) is 2.03. The number of para-hydroxylation sites is 1. The first-order valence-electron chi connectivity index (χ1n) is 8.45. The molecule has 0 saturated heterocycles. The smallest absolute Gasteiger partial charge is 0.193 e. The maximum Gasteiger partial charge on any atom is 0.193 e. The van der Waals surface area contributed by atoms with Crippen molar-refractivity contribution >= 4 is 5.96 Å². The van der Waals surface area contributed by atoms with Gasteiger partial charge >= 0.3 is 0 Å². The average Bonchev–Trinajstić information content (AvgIpc) is 2.58. The summed E-state index contributed by atoms with van der Waals surface area (Å²) in [5, 5.41) is 3.35. The average molecular weight is 321 g/mol. The molecule has 0 aliphatic heterocycles. The Morgan fingerprint density at radius 2 is 1.87 bits per heavy atom. The highest BCUT2D eigenvalue weighted by Gasteiger charge is 2.05. The minimum absolute atomic E-state index is 0.626. The molecule has 130 valence electrons. The highest BCUT2D eigenvalue weighted by Crippen LogP contribution is 2.07. The molecule has 0 atom stereocenters. The van der Waals surface area contributed by atoms with Crippen LogP contribution in [0.1, 0.15) is 26.2 Å². The molecule has 23 heavy (non-hydrogen) atoms. The largest absolute Gasteiger partial charge is 0.492 e. The van der Waals surface area contributed by atoms with Crippen LogP contribution in [0, 0.1) is 0 Å². The van der Waals surface area contributed by atoms with Crippen LogP contribution in [0.15, 0.2) is 35.3 Å². The molecule has 1 aromatic carbocycles. The lowest BCUT2D eigenvalue weighted by atomic mass is 10.3. The van der Waals surface area contributed by atoms with Crippen LogP contribution in [-0.4, -0.2) is 57.9 Å². The van der Waals surface area contributed by atoms with E-state index in [1.165, 1.54) is 6.42 Å². The third-order valence-corrected chi connectivity index (χ3v) is 3.40. The van der Waals surface area contributed by atoms with E-state index in [1.54, 1.807) is 7.05 Å². The summed E-state index contributed by atoms with van der Waals surface area (Å²) in [6.07, 6.45) is 3.30. The van der Waals surface area contributed by atoms with E-state index < -0.39 is 0 Å². The lowest BCUT2D eigenvalue weighted by Gasteiger charge is -2.22. The molecular weight excluding hydrogens is 290 g/mol. The second-order valence-electron chi connectivity index (χ2n) is 5.38. The van der Waals surface area contributed by atoms with E-state index in [0.29, 0.717) is 6.61 Å². The number of aliphatic imine (C=N–C) groups is 1. The van der Waals surface area contributed by atoms with Crippen molar-refractivity contribution in [2.24, 2.45) is 4.99 Å². The van der Waals surface area contributed by atoms with E-state index in [4.69, 9.17) is 9.47 Å². The first-order valence-corrected chi connectivity index (χ1v) is 8.45. The number of likely N-dealkylation sites (N-methyl/N-ethyl adjacent to an activating group) is 1. The second-order valence-corrected chi connectivity index (χ2v) is 5.38. The van der Waals surface area contributed by atoms with Crippen molar-refractivity contribution in [2.75, 3.05) is 47.0 Å². The lowest BCUT2D eigenvalue weighted by molar-refractivity contribution is 0.129. The van der Waals surface area contributed by atoms with E-state index in [1.807, 2.05) is 37.4 Å². The number of nitrogens with zero attached hydrogens (tertiary/aromatic N) is 2. The first-order chi connectivity index (χ1) is 11.3. The van der Waals surface area contributed by atoms with Crippen LogP contribution in [-0.2, 0) is 4.74 Å². The molecule has 1 aromatic rings. The highest BCUT2D eigenvalue weighted by atomic mass is 16.5. The van der Waals surface area contributed by atoms with Crippen molar-refractivity contribution in [1.82, 2.24) is 10.2 Å². The number of rotatable bonds is 11. The van der Waals surface area contributed by atoms with Gasteiger partial charge in [-0.15, -0.1) is 0 Å². The second kappa shape index (κ2) is 12.8. The molecular formula is C18H31N3O2. The van der Waals surface area contributed by atoms with E-state index >= 15 is 0 Å². The van der Waals surface area contributed by atoms with E-state index in [9.17, 15) is 0 Å². The fourth-order valence-corrected chi connectivity index (χ4v) is 2.03. The Balaban J connectivity index is 2.13. The van der Waals surface area contributed by atoms with Gasteiger partial charge in [0.1, 0.15) is 12.4 Å². The predicted octanol–water partition coefficient (Wildman–Crippen LogP) is 2.78. The van der Waals surface area contributed by atoms with Gasteiger partial charge in [-0.3, -0.25) is 4.99 Å². The first kappa shape index (κ1) is 19.3. The van der Waals surface area contributed by atoms with Crippen molar-refractivity contribution in [2.45, 2.75) is 26.2 Å². The summed E-state index contributed by atoms with van der Waals surface area (Å²) in [6, 6.07) is 9.86. The van der Waals surface area contributed by atoms with Crippen molar-refractivity contribution in [3.63, 3.8) is 0 Å². The number of hydrogen-bond donors (Lipinski definition) is 1. The van der Waals surface area contributed by atoms with Gasteiger partial charge in [0.15, 0.2) is 5.96 Å². The van der Waals surface area contributed by atoms with Crippen LogP contribution < -0.4 is 10.1 Å². The molecule has 0 aromatic heterocycles. The van der Waals surface area contributed by atoms with Gasteiger partial charge in [0.05, 0.1) is 6.54 Å². The van der Waals surface area contributed by atoms with Gasteiger partial charge in [-0.25, -0.2) is 0 Å². The molecule has 0 saturated carbocycles. The number of unbranched alkanes of at least 4 members (excludes halogenated alkanes) is 1. The highest BCUT2D eigenvalue weighted by molar-refractivity contribution is 5.79. The Labute approximate surface area is 140 Å². The van der Waals surface area contributed by atoms with E-state index in [0.717, 1.165) is 50.9 Å². The van der Waals surface area contributed by atoms with Crippen molar-refractivity contribution in [3.8, 4) is 5.75 Å². The third-order valence-electron chi connectivity index (χ3n) is 3.40. The number of benzene rings is 1. The molecule has 0 heterocycles. The minimum Gasteiger partial charge on any atom is -0.492 e. The third kappa shape index (κ3) is 9.08. The quantitative estimate of drug-likeness (QED) is 0.387. The Bertz CT molecular complexity index is 424. The number of hydrogen-bond acceptors (Lipinski definition) is 3. The van der Waals surface area contributed by atoms with Crippen LogP contribution >= 0.6 is 0 Å². The predicted molar refractivity (Wildman–Crippen MR) is 96.3 cm³/mol. The summed E-state index contributed by atoms with van der Waals surface area (Å²) >= 11 is 0. The maximum absolute atomic E-state index is 5.71. The van der Waals surface area contributed by atoms with Gasteiger partial charge in [0, 0.05) is 33.9 Å². The number of nitrogens with one attached hydrogen (secondary N) is 1. The molecule has 0 aliphatic rings. The Morgan fingerprint density at radius 1 is 1.13 bits per heavy atom. The molecule has 0 aliphatic carbocycles. The molecule has 5 nitrogen and oxygen atoms in total. The summed E-state index contributed by atoms with van der Waals surface area (Å²) in [5.74, 6) is 1.78. The number of guanidine groups is 1. The lowest BCUT2D eigenvalue weighted by Crippen LogP contribution is -2.41. The van der Waals surface area contributed by atoms with Gasteiger partial charge in [-0.1, -0.05) is 31.5 Å². The molecule has 0 unspecified atom stereocenters. The van der Waals surface area contributed by atoms with Crippen LogP contribution in [0.25, 0.3) is 0 Å². The molecule has 0 bridgehead atoms. The van der Waals surface area contributed by atoms with Gasteiger partial charge in [-0.2, -0.15) is 0 Å². The molecule has 5 heteroatoms. The van der Waals surface area contributed by atoms with Gasteiger partial charge in [-0.05, 0) is 25.0 Å². The SMILES string of the molecule is CCCCOCCCNC(=NC)N(C)CCOc1ccccc1. The standard InChI is InChI=1S/C18H31N3O2/c1-4-5-14-22-15-9-12-20-18(19-2)21(3)13-16-23-17-10-7-6-8-11-17/h6-8,10-11H,4-5,9,12-16H2,1-3H3,(H,19,20). The van der Waals surface area contributed by atoms with E-state index in [-0.39, 0.29) is 0 Å².